The Hall–Kier alpha value is -1.13. The van der Waals surface area contributed by atoms with Crippen molar-refractivity contribution in [3.8, 4) is 0 Å². The second-order valence-electron chi connectivity index (χ2n) is 4.05. The molecule has 0 saturated carbocycles. The summed E-state index contributed by atoms with van der Waals surface area (Å²) in [6, 6.07) is 5.21. The average Bonchev–Trinajstić information content (AvgIpc) is 2.42. The molecule has 2 aromatic rings. The van der Waals surface area contributed by atoms with Crippen LogP contribution in [0.25, 0.3) is 0 Å². The van der Waals surface area contributed by atoms with E-state index in [1.165, 1.54) is 6.33 Å². The lowest BCUT2D eigenvalue weighted by Crippen LogP contribution is -2.09. The van der Waals surface area contributed by atoms with Crippen LogP contribution in [0.3, 0.4) is 0 Å². The zero-order chi connectivity index (χ0) is 14.5. The van der Waals surface area contributed by atoms with E-state index in [2.05, 4.69) is 16.5 Å². The predicted molar refractivity (Wildman–Crippen MR) is 81.3 cm³/mol. The smallest absolute Gasteiger partial charge is 0.115 e. The normalized spacial score (nSPS) is 12.2. The third-order valence-corrected chi connectivity index (χ3v) is 3.21. The zero-order valence-corrected chi connectivity index (χ0v) is 12.7. The summed E-state index contributed by atoms with van der Waals surface area (Å²) in [7, 11) is 0. The summed E-state index contributed by atoms with van der Waals surface area (Å²) in [6.07, 6.45) is 4.35. The highest BCUT2D eigenvalue weighted by molar-refractivity contribution is 6.35. The fourth-order valence-electron chi connectivity index (χ4n) is 1.70. The molecule has 0 bridgehead atoms. The highest BCUT2D eigenvalue weighted by Crippen LogP contribution is 2.32. The quantitative estimate of drug-likeness (QED) is 0.801. The van der Waals surface area contributed by atoms with Gasteiger partial charge >= 0.3 is 0 Å². The average molecular weight is 330 g/mol. The molecule has 1 aromatic heterocycles. The van der Waals surface area contributed by atoms with Crippen molar-refractivity contribution in [3.63, 3.8) is 0 Å². The van der Waals surface area contributed by atoms with Crippen molar-refractivity contribution in [2.75, 3.05) is 6.61 Å². The predicted octanol–water partition coefficient (Wildman–Crippen LogP) is 4.64. The van der Waals surface area contributed by atoms with Crippen LogP contribution in [0, 0.1) is 0 Å². The first kappa shape index (κ1) is 15.3. The van der Waals surface area contributed by atoms with Gasteiger partial charge in [0, 0.05) is 38.6 Å². The Labute approximate surface area is 132 Å². The second-order valence-corrected chi connectivity index (χ2v) is 5.42. The summed E-state index contributed by atoms with van der Waals surface area (Å²) in [6.45, 7) is 3.80. The van der Waals surface area contributed by atoms with Crippen LogP contribution >= 0.6 is 34.8 Å². The number of hydrogen-bond donors (Lipinski definition) is 0. The molecule has 1 heterocycles. The lowest BCUT2D eigenvalue weighted by atomic mass is 10.0. The highest BCUT2D eigenvalue weighted by Gasteiger charge is 2.19. The first-order chi connectivity index (χ1) is 9.58. The number of hydrogen-bond acceptors (Lipinski definition) is 3. The number of aromatic nitrogens is 2. The van der Waals surface area contributed by atoms with Gasteiger partial charge in [0.05, 0.1) is 6.61 Å². The molecule has 0 aliphatic carbocycles. The number of rotatable bonds is 5. The van der Waals surface area contributed by atoms with Crippen molar-refractivity contribution in [2.24, 2.45) is 0 Å². The molecule has 2 rings (SSSR count). The molecule has 0 spiro atoms. The standard InChI is InChI=1S/C14H11Cl3N2O/c1-9(15)7-20-14(10-5-18-8-19-6-10)12-3-2-11(16)4-13(12)17/h2-6,8,14H,1,7H2. The van der Waals surface area contributed by atoms with Crippen LogP contribution in [0.15, 0.2) is 48.5 Å². The Morgan fingerprint density at radius 3 is 2.55 bits per heavy atom. The fraction of sp³-hybridized carbons (Fsp3) is 0.143. The number of ether oxygens (including phenoxy) is 1. The van der Waals surface area contributed by atoms with Crippen LogP contribution in [-0.2, 0) is 4.74 Å². The van der Waals surface area contributed by atoms with Crippen LogP contribution in [0.4, 0.5) is 0 Å². The molecule has 0 radical (unpaired) electrons. The largest absolute Gasteiger partial charge is 0.363 e. The summed E-state index contributed by atoms with van der Waals surface area (Å²) < 4.78 is 5.76. The van der Waals surface area contributed by atoms with E-state index in [9.17, 15) is 0 Å². The summed E-state index contributed by atoms with van der Waals surface area (Å²) in [4.78, 5) is 7.98. The van der Waals surface area contributed by atoms with E-state index in [0.29, 0.717) is 15.1 Å². The summed E-state index contributed by atoms with van der Waals surface area (Å²) in [5.41, 5.74) is 1.54. The van der Waals surface area contributed by atoms with E-state index >= 15 is 0 Å². The van der Waals surface area contributed by atoms with Crippen LogP contribution in [0.2, 0.25) is 10.0 Å². The molecule has 6 heteroatoms. The van der Waals surface area contributed by atoms with Crippen molar-refractivity contribution in [1.82, 2.24) is 9.97 Å². The van der Waals surface area contributed by atoms with E-state index < -0.39 is 6.10 Å². The van der Waals surface area contributed by atoms with Crippen molar-refractivity contribution in [2.45, 2.75) is 6.10 Å². The lowest BCUT2D eigenvalue weighted by molar-refractivity contribution is 0.102. The van der Waals surface area contributed by atoms with Gasteiger partial charge in [-0.1, -0.05) is 47.4 Å². The van der Waals surface area contributed by atoms with Gasteiger partial charge in [0.2, 0.25) is 0 Å². The SMILES string of the molecule is C=C(Cl)COC(c1cncnc1)c1ccc(Cl)cc1Cl. The molecule has 3 nitrogen and oxygen atoms in total. The van der Waals surface area contributed by atoms with Gasteiger partial charge < -0.3 is 4.74 Å². The molecular formula is C14H11Cl3N2O. The molecule has 1 atom stereocenters. The van der Waals surface area contributed by atoms with Gasteiger partial charge in [0.1, 0.15) is 12.4 Å². The highest BCUT2D eigenvalue weighted by atomic mass is 35.5. The molecule has 0 aliphatic rings. The Bertz CT molecular complexity index is 605. The van der Waals surface area contributed by atoms with Gasteiger partial charge in [-0.15, -0.1) is 0 Å². The molecule has 1 unspecified atom stereocenters. The maximum absolute atomic E-state index is 6.23. The minimum Gasteiger partial charge on any atom is -0.363 e. The second kappa shape index (κ2) is 7.04. The molecule has 0 N–H and O–H groups in total. The summed E-state index contributed by atoms with van der Waals surface area (Å²) in [5, 5.41) is 1.46. The van der Waals surface area contributed by atoms with Crippen molar-refractivity contribution in [1.29, 1.82) is 0 Å². The van der Waals surface area contributed by atoms with E-state index in [4.69, 9.17) is 39.5 Å². The van der Waals surface area contributed by atoms with Crippen LogP contribution in [0.1, 0.15) is 17.2 Å². The minimum absolute atomic E-state index is 0.195. The van der Waals surface area contributed by atoms with E-state index in [0.717, 1.165) is 11.1 Å². The van der Waals surface area contributed by atoms with Gasteiger partial charge in [0.15, 0.2) is 0 Å². The van der Waals surface area contributed by atoms with Gasteiger partial charge in [0.25, 0.3) is 0 Å². The lowest BCUT2D eigenvalue weighted by Gasteiger charge is -2.19. The van der Waals surface area contributed by atoms with Crippen molar-refractivity contribution < 1.29 is 4.74 Å². The Morgan fingerprint density at radius 1 is 1.25 bits per heavy atom. The number of nitrogens with zero attached hydrogens (tertiary/aromatic N) is 2. The maximum atomic E-state index is 6.23. The Kier molecular flexibility index (Phi) is 5.38. The van der Waals surface area contributed by atoms with Crippen LogP contribution < -0.4 is 0 Å². The van der Waals surface area contributed by atoms with E-state index in [1.54, 1.807) is 30.6 Å². The van der Waals surface area contributed by atoms with E-state index in [1.807, 2.05) is 0 Å². The molecule has 1 aromatic carbocycles. The Balaban J connectivity index is 2.37. The van der Waals surface area contributed by atoms with Crippen LogP contribution in [0.5, 0.6) is 0 Å². The van der Waals surface area contributed by atoms with E-state index in [-0.39, 0.29) is 6.61 Å². The summed E-state index contributed by atoms with van der Waals surface area (Å²) >= 11 is 17.9. The van der Waals surface area contributed by atoms with Crippen LogP contribution in [-0.4, -0.2) is 16.6 Å². The van der Waals surface area contributed by atoms with Gasteiger partial charge in [-0.3, -0.25) is 0 Å². The monoisotopic (exact) mass is 328 g/mol. The molecule has 0 fully saturated rings. The summed E-state index contributed by atoms with van der Waals surface area (Å²) in [5.74, 6) is 0. The Morgan fingerprint density at radius 2 is 1.95 bits per heavy atom. The number of benzene rings is 1. The van der Waals surface area contributed by atoms with Crippen molar-refractivity contribution >= 4 is 34.8 Å². The molecule has 0 saturated heterocycles. The fourth-order valence-corrected chi connectivity index (χ4v) is 2.27. The molecule has 104 valence electrons. The van der Waals surface area contributed by atoms with Gasteiger partial charge in [-0.05, 0) is 12.1 Å². The molecule has 20 heavy (non-hydrogen) atoms. The minimum atomic E-state index is -0.434. The molecular weight excluding hydrogens is 319 g/mol. The topological polar surface area (TPSA) is 35.0 Å². The maximum Gasteiger partial charge on any atom is 0.115 e. The van der Waals surface area contributed by atoms with Gasteiger partial charge in [-0.2, -0.15) is 0 Å². The third kappa shape index (κ3) is 3.93. The first-order valence-electron chi connectivity index (χ1n) is 5.72. The molecule has 0 aliphatic heterocycles. The van der Waals surface area contributed by atoms with Crippen molar-refractivity contribution in [3.05, 3.63) is 69.7 Å². The van der Waals surface area contributed by atoms with Gasteiger partial charge in [-0.25, -0.2) is 9.97 Å². The molecule has 0 amide bonds. The zero-order valence-electron chi connectivity index (χ0n) is 10.4. The first-order valence-corrected chi connectivity index (χ1v) is 6.86. The number of halogens is 3. The third-order valence-electron chi connectivity index (χ3n) is 2.53.